The summed E-state index contributed by atoms with van der Waals surface area (Å²) in [5.41, 5.74) is 0. The normalized spacial score (nSPS) is 39.0. The quantitative estimate of drug-likeness (QED) is 0.506. The van der Waals surface area contributed by atoms with Gasteiger partial charge in [0.05, 0.1) is 6.61 Å². The minimum Gasteiger partial charge on any atom is -0.381 e. The molecule has 3 heteroatoms. The van der Waals surface area contributed by atoms with E-state index in [1.165, 1.54) is 0 Å². The third-order valence-corrected chi connectivity index (χ3v) is 2.35. The lowest BCUT2D eigenvalue weighted by molar-refractivity contribution is -0.125. The highest BCUT2D eigenvalue weighted by Gasteiger charge is 2.36. The van der Waals surface area contributed by atoms with E-state index in [2.05, 4.69) is 5.32 Å². The number of ether oxygens (including phenoxy) is 1. The average Bonchev–Trinajstić information content (AvgIpc) is 2.34. The van der Waals surface area contributed by atoms with Gasteiger partial charge in [-0.3, -0.25) is 4.79 Å². The summed E-state index contributed by atoms with van der Waals surface area (Å²) in [6.45, 7) is 2.35. The Labute approximate surface area is 59.7 Å². The van der Waals surface area contributed by atoms with Gasteiger partial charge in [0.1, 0.15) is 0 Å². The molecule has 2 unspecified atom stereocenters. The highest BCUT2D eigenvalue weighted by atomic mass is 16.5. The molecule has 2 saturated heterocycles. The summed E-state index contributed by atoms with van der Waals surface area (Å²) in [5.74, 6) is 0.948. The van der Waals surface area contributed by atoms with E-state index >= 15 is 0 Å². The number of carbonyl (C=O) groups is 1. The molecular weight excluding hydrogens is 130 g/mol. The molecule has 2 rings (SSSR count). The van der Waals surface area contributed by atoms with E-state index in [0.717, 1.165) is 26.2 Å². The Morgan fingerprint density at radius 1 is 1.60 bits per heavy atom. The number of nitrogens with one attached hydrogen (secondary N) is 1. The molecule has 2 aliphatic heterocycles. The minimum absolute atomic E-state index is 0.230. The van der Waals surface area contributed by atoms with Crippen molar-refractivity contribution < 1.29 is 9.53 Å². The average molecular weight is 141 g/mol. The fourth-order valence-electron chi connectivity index (χ4n) is 1.71. The summed E-state index contributed by atoms with van der Waals surface area (Å²) in [7, 11) is 0. The number of fused-ring (bicyclic) bond motifs is 1. The van der Waals surface area contributed by atoms with E-state index in [-0.39, 0.29) is 11.8 Å². The molecule has 0 saturated carbocycles. The van der Waals surface area contributed by atoms with E-state index in [1.54, 1.807) is 0 Å². The van der Waals surface area contributed by atoms with Crippen LogP contribution in [0.3, 0.4) is 0 Å². The molecule has 0 aromatic carbocycles. The second-order valence-electron chi connectivity index (χ2n) is 2.98. The van der Waals surface area contributed by atoms with Gasteiger partial charge in [-0.1, -0.05) is 0 Å². The topological polar surface area (TPSA) is 38.3 Å². The predicted octanol–water partition coefficient (Wildman–Crippen LogP) is -0.231. The summed E-state index contributed by atoms with van der Waals surface area (Å²) in [4.78, 5) is 11.0. The maximum Gasteiger partial charge on any atom is 0.223 e. The molecule has 2 fully saturated rings. The van der Waals surface area contributed by atoms with Crippen molar-refractivity contribution in [2.75, 3.05) is 19.8 Å². The summed E-state index contributed by atoms with van der Waals surface area (Å²) in [6, 6.07) is 0. The monoisotopic (exact) mass is 141 g/mol. The van der Waals surface area contributed by atoms with Crippen LogP contribution in [0.4, 0.5) is 0 Å². The van der Waals surface area contributed by atoms with Crippen molar-refractivity contribution in [1.82, 2.24) is 5.32 Å². The molecule has 2 atom stereocenters. The molecule has 10 heavy (non-hydrogen) atoms. The van der Waals surface area contributed by atoms with Crippen LogP contribution in [0.2, 0.25) is 0 Å². The number of carbonyl (C=O) groups excluding carboxylic acids is 1. The van der Waals surface area contributed by atoms with Crippen LogP contribution < -0.4 is 5.32 Å². The number of hydrogen-bond donors (Lipinski definition) is 1. The maximum absolute atomic E-state index is 11.0. The molecule has 0 spiro atoms. The minimum atomic E-state index is 0.230. The van der Waals surface area contributed by atoms with Crippen LogP contribution in [0.25, 0.3) is 0 Å². The van der Waals surface area contributed by atoms with Crippen molar-refractivity contribution in [3.63, 3.8) is 0 Å². The summed E-state index contributed by atoms with van der Waals surface area (Å²) < 4.78 is 5.24. The molecule has 1 N–H and O–H groups in total. The van der Waals surface area contributed by atoms with Gasteiger partial charge in [-0.2, -0.15) is 0 Å². The zero-order valence-corrected chi connectivity index (χ0v) is 5.80. The third-order valence-electron chi connectivity index (χ3n) is 2.35. The van der Waals surface area contributed by atoms with E-state index in [9.17, 15) is 4.79 Å². The van der Waals surface area contributed by atoms with Crippen LogP contribution in [-0.4, -0.2) is 25.7 Å². The predicted molar refractivity (Wildman–Crippen MR) is 35.4 cm³/mol. The highest BCUT2D eigenvalue weighted by molar-refractivity contribution is 5.81. The Hall–Kier alpha value is -0.570. The lowest BCUT2D eigenvalue weighted by atomic mass is 9.92. The molecule has 0 aliphatic carbocycles. The molecule has 2 aliphatic rings. The Balaban J connectivity index is 2.08. The Morgan fingerprint density at radius 3 is 3.30 bits per heavy atom. The van der Waals surface area contributed by atoms with E-state index in [1.807, 2.05) is 0 Å². The fourth-order valence-corrected chi connectivity index (χ4v) is 1.71. The van der Waals surface area contributed by atoms with Crippen LogP contribution in [-0.2, 0) is 9.53 Å². The van der Waals surface area contributed by atoms with Gasteiger partial charge in [0, 0.05) is 25.0 Å². The zero-order chi connectivity index (χ0) is 6.97. The first-order valence-electron chi connectivity index (χ1n) is 3.73. The van der Waals surface area contributed by atoms with Crippen LogP contribution >= 0.6 is 0 Å². The summed E-state index contributed by atoms with van der Waals surface area (Å²) in [5, 5.41) is 2.84. The highest BCUT2D eigenvalue weighted by Crippen LogP contribution is 2.25. The second-order valence-corrected chi connectivity index (χ2v) is 2.98. The molecule has 3 nitrogen and oxygen atoms in total. The van der Waals surface area contributed by atoms with Gasteiger partial charge in [0.25, 0.3) is 0 Å². The molecular formula is C7H11NO2. The van der Waals surface area contributed by atoms with E-state index in [0.29, 0.717) is 5.92 Å². The van der Waals surface area contributed by atoms with Gasteiger partial charge in [0.2, 0.25) is 5.91 Å². The zero-order valence-electron chi connectivity index (χ0n) is 5.80. The molecule has 56 valence electrons. The Bertz CT molecular complexity index is 158. The Kier molecular flexibility index (Phi) is 1.38. The number of hydrogen-bond acceptors (Lipinski definition) is 2. The van der Waals surface area contributed by atoms with Crippen molar-refractivity contribution in [3.8, 4) is 0 Å². The van der Waals surface area contributed by atoms with Gasteiger partial charge in [-0.15, -0.1) is 0 Å². The molecule has 0 aromatic heterocycles. The molecule has 1 amide bonds. The fraction of sp³-hybridized carbons (Fsp3) is 0.857. The van der Waals surface area contributed by atoms with Crippen molar-refractivity contribution in [3.05, 3.63) is 0 Å². The van der Waals surface area contributed by atoms with E-state index in [4.69, 9.17) is 4.74 Å². The SMILES string of the molecule is O=C1NCC2COCCC12. The maximum atomic E-state index is 11.0. The number of rotatable bonds is 0. The largest absolute Gasteiger partial charge is 0.381 e. The van der Waals surface area contributed by atoms with Crippen LogP contribution in [0.5, 0.6) is 0 Å². The molecule has 0 aromatic rings. The van der Waals surface area contributed by atoms with Gasteiger partial charge in [0.15, 0.2) is 0 Å². The van der Waals surface area contributed by atoms with Crippen LogP contribution in [0.15, 0.2) is 0 Å². The second kappa shape index (κ2) is 2.23. The smallest absolute Gasteiger partial charge is 0.223 e. The Morgan fingerprint density at radius 2 is 2.50 bits per heavy atom. The van der Waals surface area contributed by atoms with Crippen molar-refractivity contribution in [1.29, 1.82) is 0 Å². The molecule has 0 radical (unpaired) electrons. The van der Waals surface area contributed by atoms with Gasteiger partial charge in [-0.25, -0.2) is 0 Å². The lowest BCUT2D eigenvalue weighted by Gasteiger charge is -2.21. The molecule has 0 bridgehead atoms. The van der Waals surface area contributed by atoms with Gasteiger partial charge < -0.3 is 10.1 Å². The van der Waals surface area contributed by atoms with Crippen molar-refractivity contribution in [2.45, 2.75) is 6.42 Å². The van der Waals surface area contributed by atoms with Crippen LogP contribution in [0.1, 0.15) is 6.42 Å². The number of amides is 1. The first kappa shape index (κ1) is 6.16. The van der Waals surface area contributed by atoms with Gasteiger partial charge in [-0.05, 0) is 6.42 Å². The van der Waals surface area contributed by atoms with E-state index < -0.39 is 0 Å². The lowest BCUT2D eigenvalue weighted by Crippen LogP contribution is -2.27. The van der Waals surface area contributed by atoms with Crippen molar-refractivity contribution >= 4 is 5.91 Å². The standard InChI is InChI=1S/C7H11NO2/c9-7-6-1-2-10-4-5(6)3-8-7/h5-6H,1-4H2,(H,8,9). The van der Waals surface area contributed by atoms with Crippen LogP contribution in [0, 0.1) is 11.8 Å². The third kappa shape index (κ3) is 0.814. The first-order chi connectivity index (χ1) is 4.88. The van der Waals surface area contributed by atoms with Gasteiger partial charge >= 0.3 is 0 Å². The summed E-state index contributed by atoms with van der Waals surface area (Å²) >= 11 is 0. The molecule has 2 heterocycles. The first-order valence-corrected chi connectivity index (χ1v) is 3.73. The van der Waals surface area contributed by atoms with Crippen molar-refractivity contribution in [2.24, 2.45) is 11.8 Å². The summed E-state index contributed by atoms with van der Waals surface area (Å²) in [6.07, 6.45) is 0.913.